The van der Waals surface area contributed by atoms with Crippen LogP contribution in [0.25, 0.3) is 0 Å². The summed E-state index contributed by atoms with van der Waals surface area (Å²) in [6, 6.07) is 0.819. The number of nitrogens with one attached hydrogen (secondary N) is 2. The number of alkyl halides is 3. The molecule has 1 aromatic rings. The Kier molecular flexibility index (Phi) is 7.76. The fourth-order valence-corrected chi connectivity index (χ4v) is 2.78. The molecule has 2 amide bonds. The molecule has 0 bridgehead atoms. The Labute approximate surface area is 159 Å². The molecule has 2 N–H and O–H groups in total. The van der Waals surface area contributed by atoms with Crippen LogP contribution in [0.4, 0.5) is 13.2 Å². The van der Waals surface area contributed by atoms with Gasteiger partial charge >= 0.3 is 6.18 Å². The second-order valence-corrected chi connectivity index (χ2v) is 7.87. The molecule has 0 aliphatic heterocycles. The lowest BCUT2D eigenvalue weighted by Gasteiger charge is -2.26. The first-order valence-electron chi connectivity index (χ1n) is 7.80. The summed E-state index contributed by atoms with van der Waals surface area (Å²) in [4.78, 5) is 27.6. The highest BCUT2D eigenvalue weighted by Gasteiger charge is 2.32. The van der Waals surface area contributed by atoms with Gasteiger partial charge in [0.2, 0.25) is 11.8 Å². The van der Waals surface area contributed by atoms with E-state index in [1.165, 1.54) is 0 Å². The molecule has 1 rings (SSSR count). The Morgan fingerprint density at radius 3 is 2.42 bits per heavy atom. The standard InChI is InChI=1S/C16H21ClF3N3O2S/c1-9(2)12(24)23-15(3,4)14(25)21-5-6-26-13-11(17)7-10(8-22-13)16(18,19)20/h7-9H,5-6H2,1-4H3,(H,21,25)(H,23,24). The topological polar surface area (TPSA) is 71.1 Å². The third kappa shape index (κ3) is 6.68. The molecule has 0 saturated carbocycles. The molecular formula is C16H21ClF3N3O2S. The highest BCUT2D eigenvalue weighted by Crippen LogP contribution is 2.33. The Bertz CT molecular complexity index is 667. The Morgan fingerprint density at radius 2 is 1.92 bits per heavy atom. The number of hydrogen-bond donors (Lipinski definition) is 2. The summed E-state index contributed by atoms with van der Waals surface area (Å²) in [5, 5.41) is 5.47. The summed E-state index contributed by atoms with van der Waals surface area (Å²) in [7, 11) is 0. The van der Waals surface area contributed by atoms with Crippen LogP contribution >= 0.6 is 23.4 Å². The second-order valence-electron chi connectivity index (χ2n) is 6.38. The summed E-state index contributed by atoms with van der Waals surface area (Å²) in [6.45, 7) is 6.86. The summed E-state index contributed by atoms with van der Waals surface area (Å²) >= 11 is 6.94. The van der Waals surface area contributed by atoms with Gasteiger partial charge in [-0.2, -0.15) is 13.2 Å². The van der Waals surface area contributed by atoms with Gasteiger partial charge in [-0.15, -0.1) is 11.8 Å². The van der Waals surface area contributed by atoms with Gasteiger partial charge in [0, 0.05) is 24.4 Å². The van der Waals surface area contributed by atoms with Crippen molar-refractivity contribution in [2.45, 2.75) is 44.4 Å². The van der Waals surface area contributed by atoms with Crippen molar-refractivity contribution in [3.05, 3.63) is 22.8 Å². The fourth-order valence-electron chi connectivity index (χ4n) is 1.73. The van der Waals surface area contributed by atoms with Gasteiger partial charge in [-0.05, 0) is 19.9 Å². The summed E-state index contributed by atoms with van der Waals surface area (Å²) < 4.78 is 37.7. The molecule has 0 saturated heterocycles. The monoisotopic (exact) mass is 411 g/mol. The maximum atomic E-state index is 12.6. The van der Waals surface area contributed by atoms with Gasteiger partial charge in [-0.3, -0.25) is 9.59 Å². The number of halogens is 4. The van der Waals surface area contributed by atoms with Gasteiger partial charge in [0.15, 0.2) is 0 Å². The Hall–Kier alpha value is -1.48. The lowest BCUT2D eigenvalue weighted by atomic mass is 10.0. The van der Waals surface area contributed by atoms with E-state index in [-0.39, 0.29) is 34.3 Å². The van der Waals surface area contributed by atoms with Crippen molar-refractivity contribution in [1.29, 1.82) is 0 Å². The van der Waals surface area contributed by atoms with Crippen molar-refractivity contribution in [2.75, 3.05) is 12.3 Å². The number of carbonyl (C=O) groups excluding carboxylic acids is 2. The molecule has 0 spiro atoms. The predicted molar refractivity (Wildman–Crippen MR) is 95.0 cm³/mol. The minimum absolute atomic E-state index is 0.0966. The van der Waals surface area contributed by atoms with Crippen LogP contribution in [0.3, 0.4) is 0 Å². The SMILES string of the molecule is CC(C)C(=O)NC(C)(C)C(=O)NCCSc1ncc(C(F)(F)F)cc1Cl. The molecule has 0 radical (unpaired) electrons. The van der Waals surface area contributed by atoms with Crippen molar-refractivity contribution >= 4 is 35.2 Å². The van der Waals surface area contributed by atoms with Crippen LogP contribution in [-0.2, 0) is 15.8 Å². The molecule has 5 nitrogen and oxygen atoms in total. The third-order valence-corrected chi connectivity index (χ3v) is 4.70. The average Bonchev–Trinajstić information content (AvgIpc) is 2.50. The molecular weight excluding hydrogens is 391 g/mol. The normalized spacial score (nSPS) is 12.2. The van der Waals surface area contributed by atoms with Crippen LogP contribution in [0.2, 0.25) is 5.02 Å². The number of nitrogens with zero attached hydrogens (tertiary/aromatic N) is 1. The quantitative estimate of drug-likeness (QED) is 0.532. The molecule has 0 fully saturated rings. The molecule has 0 aromatic carbocycles. The highest BCUT2D eigenvalue weighted by molar-refractivity contribution is 7.99. The van der Waals surface area contributed by atoms with Gasteiger partial charge in [0.25, 0.3) is 0 Å². The predicted octanol–water partition coefficient (Wildman–Crippen LogP) is 3.51. The van der Waals surface area contributed by atoms with E-state index in [1.807, 2.05) is 0 Å². The van der Waals surface area contributed by atoms with Gasteiger partial charge < -0.3 is 10.6 Å². The van der Waals surface area contributed by atoms with Crippen LogP contribution in [-0.4, -0.2) is 34.6 Å². The van der Waals surface area contributed by atoms with Crippen LogP contribution < -0.4 is 10.6 Å². The maximum absolute atomic E-state index is 12.6. The van der Waals surface area contributed by atoms with Crippen molar-refractivity contribution in [2.24, 2.45) is 5.92 Å². The number of rotatable bonds is 7. The molecule has 146 valence electrons. The number of amides is 2. The highest BCUT2D eigenvalue weighted by atomic mass is 35.5. The van der Waals surface area contributed by atoms with Gasteiger partial charge in [-0.1, -0.05) is 25.4 Å². The number of hydrogen-bond acceptors (Lipinski definition) is 4. The minimum Gasteiger partial charge on any atom is -0.353 e. The van der Waals surface area contributed by atoms with Crippen LogP contribution in [0.15, 0.2) is 17.3 Å². The Morgan fingerprint density at radius 1 is 1.31 bits per heavy atom. The van der Waals surface area contributed by atoms with Crippen LogP contribution in [0, 0.1) is 5.92 Å². The summed E-state index contributed by atoms with van der Waals surface area (Å²) in [5.74, 6) is -0.484. The Balaban J connectivity index is 2.51. The second kappa shape index (κ2) is 8.94. The van der Waals surface area contributed by atoms with E-state index < -0.39 is 17.3 Å². The number of aromatic nitrogens is 1. The molecule has 26 heavy (non-hydrogen) atoms. The maximum Gasteiger partial charge on any atom is 0.417 e. The van der Waals surface area contributed by atoms with E-state index in [9.17, 15) is 22.8 Å². The van der Waals surface area contributed by atoms with Gasteiger partial charge in [0.05, 0.1) is 10.6 Å². The molecule has 1 aromatic heterocycles. The average molecular weight is 412 g/mol. The van der Waals surface area contributed by atoms with E-state index in [0.29, 0.717) is 5.75 Å². The number of carbonyl (C=O) groups is 2. The zero-order valence-corrected chi connectivity index (χ0v) is 16.4. The lowest BCUT2D eigenvalue weighted by Crippen LogP contribution is -2.55. The summed E-state index contributed by atoms with van der Waals surface area (Å²) in [6.07, 6.45) is -3.78. The molecule has 0 atom stereocenters. The lowest BCUT2D eigenvalue weighted by molar-refractivity contribution is -0.137. The first-order valence-corrected chi connectivity index (χ1v) is 9.17. The molecule has 10 heteroatoms. The van der Waals surface area contributed by atoms with E-state index >= 15 is 0 Å². The summed E-state index contributed by atoms with van der Waals surface area (Å²) in [5.41, 5.74) is -1.99. The largest absolute Gasteiger partial charge is 0.417 e. The van der Waals surface area contributed by atoms with Crippen molar-refractivity contribution in [3.8, 4) is 0 Å². The van der Waals surface area contributed by atoms with Crippen molar-refractivity contribution in [1.82, 2.24) is 15.6 Å². The fraction of sp³-hybridized carbons (Fsp3) is 0.562. The first-order chi connectivity index (χ1) is 11.8. The van der Waals surface area contributed by atoms with Crippen molar-refractivity contribution in [3.63, 3.8) is 0 Å². The van der Waals surface area contributed by atoms with Crippen molar-refractivity contribution < 1.29 is 22.8 Å². The zero-order valence-electron chi connectivity index (χ0n) is 14.8. The molecule has 0 aliphatic rings. The van der Waals surface area contributed by atoms with Crippen LogP contribution in [0.5, 0.6) is 0 Å². The van der Waals surface area contributed by atoms with Gasteiger partial charge in [-0.25, -0.2) is 4.98 Å². The molecule has 0 unspecified atom stereocenters. The molecule has 1 heterocycles. The molecule has 0 aliphatic carbocycles. The minimum atomic E-state index is -4.50. The number of thioether (sulfide) groups is 1. The van der Waals surface area contributed by atoms with Crippen LogP contribution in [0.1, 0.15) is 33.3 Å². The number of pyridine rings is 1. The van der Waals surface area contributed by atoms with E-state index in [0.717, 1.165) is 24.0 Å². The van der Waals surface area contributed by atoms with E-state index in [2.05, 4.69) is 15.6 Å². The van der Waals surface area contributed by atoms with E-state index in [4.69, 9.17) is 11.6 Å². The first kappa shape index (κ1) is 22.6. The smallest absolute Gasteiger partial charge is 0.353 e. The zero-order chi connectivity index (χ0) is 20.1. The van der Waals surface area contributed by atoms with E-state index in [1.54, 1.807) is 27.7 Å². The third-order valence-electron chi connectivity index (χ3n) is 3.29. The van der Waals surface area contributed by atoms with Gasteiger partial charge in [0.1, 0.15) is 10.6 Å².